The zero-order valence-corrected chi connectivity index (χ0v) is 23.8. The standard InChI is InChI=1S/C31H39N3O5/c1-19-25(28(36)38-18-20-10-12-34(13-11-20)29(37)39-30(2,3)4)26(22-9-7-8-21(14-22)17-32)27-23(33-19)15-31(5,6)16-24(27)35/h7-9,14,20,26,33H,10-13,15-16,18H2,1-6H3/t26-/m0/s1. The average molecular weight is 534 g/mol. The zero-order chi connectivity index (χ0) is 28.5. The van der Waals surface area contributed by atoms with Crippen molar-refractivity contribution in [1.82, 2.24) is 10.2 Å². The first kappa shape index (κ1) is 28.4. The largest absolute Gasteiger partial charge is 0.462 e. The summed E-state index contributed by atoms with van der Waals surface area (Å²) >= 11 is 0. The highest BCUT2D eigenvalue weighted by Crippen LogP contribution is 2.47. The number of esters is 1. The molecule has 1 atom stereocenters. The summed E-state index contributed by atoms with van der Waals surface area (Å²) in [6.45, 7) is 12.8. The maximum Gasteiger partial charge on any atom is 0.410 e. The summed E-state index contributed by atoms with van der Waals surface area (Å²) < 4.78 is 11.3. The molecular weight excluding hydrogens is 494 g/mol. The van der Waals surface area contributed by atoms with Gasteiger partial charge in [-0.1, -0.05) is 26.0 Å². The Morgan fingerprint density at radius 2 is 1.87 bits per heavy atom. The molecule has 8 heteroatoms. The number of amides is 1. The summed E-state index contributed by atoms with van der Waals surface area (Å²) in [5, 5.41) is 12.9. The first-order valence-corrected chi connectivity index (χ1v) is 13.7. The van der Waals surface area contributed by atoms with Gasteiger partial charge in [0.05, 0.1) is 23.8 Å². The minimum atomic E-state index is -0.598. The van der Waals surface area contributed by atoms with Crippen LogP contribution in [0.5, 0.6) is 0 Å². The van der Waals surface area contributed by atoms with Crippen molar-refractivity contribution >= 4 is 17.8 Å². The van der Waals surface area contributed by atoms with E-state index < -0.39 is 17.5 Å². The molecule has 3 aliphatic rings. The minimum absolute atomic E-state index is 0.00780. The lowest BCUT2D eigenvalue weighted by molar-refractivity contribution is -0.141. The molecule has 1 saturated heterocycles. The molecule has 1 amide bonds. The molecule has 1 N–H and O–H groups in total. The summed E-state index contributed by atoms with van der Waals surface area (Å²) in [6.07, 6.45) is 2.18. The molecule has 4 rings (SSSR count). The molecule has 8 nitrogen and oxygen atoms in total. The topological polar surface area (TPSA) is 109 Å². The molecule has 0 aromatic heterocycles. The van der Waals surface area contributed by atoms with E-state index in [0.717, 1.165) is 11.3 Å². The van der Waals surface area contributed by atoms with E-state index in [4.69, 9.17) is 9.47 Å². The van der Waals surface area contributed by atoms with E-state index in [9.17, 15) is 19.6 Å². The Labute approximate surface area is 231 Å². The van der Waals surface area contributed by atoms with Crippen LogP contribution in [-0.2, 0) is 19.1 Å². The number of ether oxygens (including phenoxy) is 2. The van der Waals surface area contributed by atoms with Gasteiger partial charge in [-0.25, -0.2) is 9.59 Å². The quantitative estimate of drug-likeness (QED) is 0.520. The third-order valence-corrected chi connectivity index (χ3v) is 7.53. The van der Waals surface area contributed by atoms with Crippen LogP contribution >= 0.6 is 0 Å². The Bertz CT molecular complexity index is 1270. The lowest BCUT2D eigenvalue weighted by atomic mass is 9.68. The Kier molecular flexibility index (Phi) is 7.92. The van der Waals surface area contributed by atoms with Gasteiger partial charge in [0.1, 0.15) is 5.60 Å². The Morgan fingerprint density at radius 1 is 1.18 bits per heavy atom. The highest BCUT2D eigenvalue weighted by molar-refractivity contribution is 6.04. The molecule has 0 radical (unpaired) electrons. The number of ketones is 1. The Morgan fingerprint density at radius 3 is 2.51 bits per heavy atom. The molecule has 1 aromatic carbocycles. The highest BCUT2D eigenvalue weighted by atomic mass is 16.6. The molecule has 1 aliphatic carbocycles. The number of hydrogen-bond donors (Lipinski definition) is 1. The maximum absolute atomic E-state index is 13.6. The van der Waals surface area contributed by atoms with Gasteiger partial charge in [-0.15, -0.1) is 0 Å². The number of nitrogens with zero attached hydrogens (tertiary/aromatic N) is 2. The molecule has 0 bridgehead atoms. The van der Waals surface area contributed by atoms with Gasteiger partial charge in [-0.2, -0.15) is 5.26 Å². The molecule has 208 valence electrons. The van der Waals surface area contributed by atoms with E-state index in [1.807, 2.05) is 33.8 Å². The smallest absolute Gasteiger partial charge is 0.410 e. The zero-order valence-electron chi connectivity index (χ0n) is 23.8. The van der Waals surface area contributed by atoms with E-state index in [-0.39, 0.29) is 29.8 Å². The molecule has 2 heterocycles. The summed E-state index contributed by atoms with van der Waals surface area (Å²) in [7, 11) is 0. The van der Waals surface area contributed by atoms with E-state index in [2.05, 4.69) is 25.2 Å². The second-order valence-corrected chi connectivity index (χ2v) is 12.7. The van der Waals surface area contributed by atoms with Crippen LogP contribution in [0.2, 0.25) is 0 Å². The number of carbonyl (C=O) groups is 3. The Balaban J connectivity index is 1.52. The van der Waals surface area contributed by atoms with Crippen LogP contribution in [-0.4, -0.2) is 48.0 Å². The Hall–Kier alpha value is -3.60. The summed E-state index contributed by atoms with van der Waals surface area (Å²) in [6, 6.07) is 9.27. The number of nitriles is 1. The predicted octanol–water partition coefficient (Wildman–Crippen LogP) is 5.35. The van der Waals surface area contributed by atoms with E-state index in [1.54, 1.807) is 23.1 Å². The first-order valence-electron chi connectivity index (χ1n) is 13.7. The highest BCUT2D eigenvalue weighted by Gasteiger charge is 2.43. The summed E-state index contributed by atoms with van der Waals surface area (Å²) in [4.78, 5) is 41.2. The van der Waals surface area contributed by atoms with Crippen molar-refractivity contribution in [3.05, 3.63) is 57.9 Å². The van der Waals surface area contributed by atoms with Gasteiger partial charge in [0.25, 0.3) is 0 Å². The number of benzene rings is 1. The molecule has 0 unspecified atom stereocenters. The molecule has 0 spiro atoms. The molecular formula is C31H39N3O5. The number of carbonyl (C=O) groups excluding carboxylic acids is 3. The lowest BCUT2D eigenvalue weighted by Crippen LogP contribution is -2.42. The second-order valence-electron chi connectivity index (χ2n) is 12.7. The van der Waals surface area contributed by atoms with E-state index in [1.165, 1.54) is 0 Å². The molecule has 2 aliphatic heterocycles. The van der Waals surface area contributed by atoms with Gasteiger partial charge in [-0.3, -0.25) is 4.79 Å². The average Bonchev–Trinajstić information content (AvgIpc) is 2.85. The SMILES string of the molecule is CC1=C(C(=O)OCC2CCN(C(=O)OC(C)(C)C)CC2)[C@H](c2cccc(C#N)c2)C2=C(CC(C)(C)CC2=O)N1. The third kappa shape index (κ3) is 6.52. The predicted molar refractivity (Wildman–Crippen MR) is 146 cm³/mol. The molecule has 39 heavy (non-hydrogen) atoms. The maximum atomic E-state index is 13.6. The van der Waals surface area contributed by atoms with Crippen molar-refractivity contribution < 1.29 is 23.9 Å². The normalized spacial score (nSPS) is 21.6. The van der Waals surface area contributed by atoms with Crippen LogP contribution in [0.1, 0.15) is 84.3 Å². The van der Waals surface area contributed by atoms with Crippen molar-refractivity contribution in [2.45, 2.75) is 78.7 Å². The lowest BCUT2D eigenvalue weighted by Gasteiger charge is -2.39. The fourth-order valence-corrected chi connectivity index (χ4v) is 5.71. The summed E-state index contributed by atoms with van der Waals surface area (Å²) in [5.41, 5.74) is 2.97. The van der Waals surface area contributed by atoms with Crippen LogP contribution in [0, 0.1) is 22.7 Å². The third-order valence-electron chi connectivity index (χ3n) is 7.53. The van der Waals surface area contributed by atoms with Crippen molar-refractivity contribution in [3.8, 4) is 6.07 Å². The number of Topliss-reactive ketones (excluding diaryl/α,β-unsaturated/α-hetero) is 1. The second kappa shape index (κ2) is 10.9. The van der Waals surface area contributed by atoms with Gasteiger partial charge < -0.3 is 19.7 Å². The number of hydrogen-bond acceptors (Lipinski definition) is 7. The first-order chi connectivity index (χ1) is 18.3. The number of dihydropyridines is 1. The van der Waals surface area contributed by atoms with Gasteiger partial charge >= 0.3 is 12.1 Å². The van der Waals surface area contributed by atoms with Gasteiger partial charge in [0.15, 0.2) is 5.78 Å². The van der Waals surface area contributed by atoms with Crippen molar-refractivity contribution in [2.24, 2.45) is 11.3 Å². The van der Waals surface area contributed by atoms with Crippen LogP contribution in [0.3, 0.4) is 0 Å². The van der Waals surface area contributed by atoms with E-state index >= 15 is 0 Å². The minimum Gasteiger partial charge on any atom is -0.462 e. The van der Waals surface area contributed by atoms with Crippen LogP contribution in [0.25, 0.3) is 0 Å². The molecule has 0 saturated carbocycles. The summed E-state index contributed by atoms with van der Waals surface area (Å²) in [5.74, 6) is -0.934. The van der Waals surface area contributed by atoms with Crippen LogP contribution < -0.4 is 5.32 Å². The number of likely N-dealkylation sites (tertiary alicyclic amines) is 1. The number of nitrogens with one attached hydrogen (secondary N) is 1. The van der Waals surface area contributed by atoms with Gasteiger partial charge in [-0.05, 0) is 76.0 Å². The number of piperidine rings is 1. The van der Waals surface area contributed by atoms with E-state index in [0.29, 0.717) is 61.2 Å². The van der Waals surface area contributed by atoms with Gasteiger partial charge in [0.2, 0.25) is 0 Å². The van der Waals surface area contributed by atoms with Crippen molar-refractivity contribution in [3.63, 3.8) is 0 Å². The van der Waals surface area contributed by atoms with Crippen molar-refractivity contribution in [2.75, 3.05) is 19.7 Å². The fourth-order valence-electron chi connectivity index (χ4n) is 5.71. The monoisotopic (exact) mass is 533 g/mol. The molecule has 1 fully saturated rings. The number of allylic oxidation sites excluding steroid dienone is 3. The van der Waals surface area contributed by atoms with Gasteiger partial charge in [0, 0.05) is 42.4 Å². The number of rotatable bonds is 4. The van der Waals surface area contributed by atoms with Crippen LogP contribution in [0.4, 0.5) is 4.79 Å². The fraction of sp³-hybridized carbons (Fsp3) is 0.548. The van der Waals surface area contributed by atoms with Crippen molar-refractivity contribution in [1.29, 1.82) is 5.26 Å². The van der Waals surface area contributed by atoms with Crippen LogP contribution in [0.15, 0.2) is 46.8 Å². The molecule has 1 aromatic rings.